The van der Waals surface area contributed by atoms with Gasteiger partial charge in [0.15, 0.2) is 6.61 Å². The van der Waals surface area contributed by atoms with E-state index in [0.717, 1.165) is 42.1 Å². The van der Waals surface area contributed by atoms with Crippen molar-refractivity contribution < 1.29 is 9.53 Å². The molecular formula is C14H18BrNO2. The predicted octanol–water partition coefficient (Wildman–Crippen LogP) is 3.09. The van der Waals surface area contributed by atoms with Crippen molar-refractivity contribution in [3.63, 3.8) is 0 Å². The van der Waals surface area contributed by atoms with Crippen molar-refractivity contribution in [1.82, 2.24) is 4.90 Å². The molecule has 0 saturated carbocycles. The van der Waals surface area contributed by atoms with Crippen molar-refractivity contribution in [3.8, 4) is 5.75 Å². The van der Waals surface area contributed by atoms with E-state index < -0.39 is 0 Å². The van der Waals surface area contributed by atoms with E-state index in [2.05, 4.69) is 22.9 Å². The van der Waals surface area contributed by atoms with Crippen LogP contribution in [0.25, 0.3) is 0 Å². The lowest BCUT2D eigenvalue weighted by Crippen LogP contribution is -2.40. The number of hydrogen-bond acceptors (Lipinski definition) is 2. The summed E-state index contributed by atoms with van der Waals surface area (Å²) in [5.74, 6) is 1.56. The van der Waals surface area contributed by atoms with Crippen molar-refractivity contribution in [2.45, 2.75) is 19.8 Å². The van der Waals surface area contributed by atoms with Crippen LogP contribution in [-0.4, -0.2) is 30.5 Å². The number of carbonyl (C=O) groups excluding carboxylic acids is 1. The minimum atomic E-state index is 0.0878. The van der Waals surface area contributed by atoms with Gasteiger partial charge in [-0.1, -0.05) is 22.9 Å². The Morgan fingerprint density at radius 3 is 2.56 bits per heavy atom. The monoisotopic (exact) mass is 311 g/mol. The van der Waals surface area contributed by atoms with Gasteiger partial charge in [-0.15, -0.1) is 0 Å². The Kier molecular flexibility index (Phi) is 4.64. The van der Waals surface area contributed by atoms with Gasteiger partial charge < -0.3 is 9.64 Å². The van der Waals surface area contributed by atoms with Crippen LogP contribution in [0.3, 0.4) is 0 Å². The highest BCUT2D eigenvalue weighted by atomic mass is 79.9. The molecule has 98 valence electrons. The lowest BCUT2D eigenvalue weighted by molar-refractivity contribution is -0.134. The SMILES string of the molecule is CC1CCN(C(=O)COc2ccc(Br)cc2)CC1. The number of benzene rings is 1. The van der Waals surface area contributed by atoms with E-state index >= 15 is 0 Å². The quantitative estimate of drug-likeness (QED) is 0.858. The molecule has 4 heteroatoms. The zero-order valence-corrected chi connectivity index (χ0v) is 12.1. The fourth-order valence-corrected chi connectivity index (χ4v) is 2.29. The molecule has 1 heterocycles. The van der Waals surface area contributed by atoms with Crippen molar-refractivity contribution in [3.05, 3.63) is 28.7 Å². The Morgan fingerprint density at radius 1 is 1.33 bits per heavy atom. The van der Waals surface area contributed by atoms with Gasteiger partial charge in [-0.25, -0.2) is 0 Å². The molecular weight excluding hydrogens is 294 g/mol. The molecule has 1 amide bonds. The van der Waals surface area contributed by atoms with Crippen LogP contribution in [0.4, 0.5) is 0 Å². The molecule has 2 rings (SSSR count). The summed E-state index contributed by atoms with van der Waals surface area (Å²) < 4.78 is 6.50. The number of ether oxygens (including phenoxy) is 1. The van der Waals surface area contributed by atoms with Gasteiger partial charge in [-0.05, 0) is 43.0 Å². The molecule has 1 fully saturated rings. The normalized spacial score (nSPS) is 16.7. The number of amides is 1. The second-order valence-corrected chi connectivity index (χ2v) is 5.72. The van der Waals surface area contributed by atoms with E-state index in [0.29, 0.717) is 0 Å². The predicted molar refractivity (Wildman–Crippen MR) is 74.6 cm³/mol. The summed E-state index contributed by atoms with van der Waals surface area (Å²) in [5.41, 5.74) is 0. The molecule has 0 bridgehead atoms. The molecule has 3 nitrogen and oxygen atoms in total. The van der Waals surface area contributed by atoms with Gasteiger partial charge in [-0.2, -0.15) is 0 Å². The average Bonchev–Trinajstić information content (AvgIpc) is 2.38. The maximum absolute atomic E-state index is 11.9. The summed E-state index contributed by atoms with van der Waals surface area (Å²) in [4.78, 5) is 13.8. The smallest absolute Gasteiger partial charge is 0.260 e. The fraction of sp³-hybridized carbons (Fsp3) is 0.500. The third kappa shape index (κ3) is 3.73. The molecule has 0 aromatic heterocycles. The van der Waals surface area contributed by atoms with E-state index in [1.54, 1.807) is 0 Å². The fourth-order valence-electron chi connectivity index (χ4n) is 2.03. The van der Waals surface area contributed by atoms with Crippen LogP contribution in [0, 0.1) is 5.92 Å². The summed E-state index contributed by atoms with van der Waals surface area (Å²) in [5, 5.41) is 0. The molecule has 0 N–H and O–H groups in total. The summed E-state index contributed by atoms with van der Waals surface area (Å²) in [6, 6.07) is 7.52. The van der Waals surface area contributed by atoms with Gasteiger partial charge in [0.05, 0.1) is 0 Å². The Hall–Kier alpha value is -1.03. The van der Waals surface area contributed by atoms with E-state index in [4.69, 9.17) is 4.74 Å². The molecule has 0 radical (unpaired) electrons. The highest BCUT2D eigenvalue weighted by Gasteiger charge is 2.20. The van der Waals surface area contributed by atoms with Crippen molar-refractivity contribution in [2.24, 2.45) is 5.92 Å². The van der Waals surface area contributed by atoms with Gasteiger partial charge in [-0.3, -0.25) is 4.79 Å². The lowest BCUT2D eigenvalue weighted by Gasteiger charge is -2.30. The van der Waals surface area contributed by atoms with Crippen LogP contribution in [0.15, 0.2) is 28.7 Å². The standard InChI is InChI=1S/C14H18BrNO2/c1-11-6-8-16(9-7-11)14(17)10-18-13-4-2-12(15)3-5-13/h2-5,11H,6-10H2,1H3. The second-order valence-electron chi connectivity index (χ2n) is 4.81. The molecule has 1 aliphatic rings. The lowest BCUT2D eigenvalue weighted by atomic mass is 9.99. The minimum absolute atomic E-state index is 0.0878. The zero-order valence-electron chi connectivity index (χ0n) is 10.6. The molecule has 0 atom stereocenters. The average molecular weight is 312 g/mol. The van der Waals surface area contributed by atoms with E-state index in [9.17, 15) is 4.79 Å². The first-order valence-corrected chi connectivity index (χ1v) is 7.10. The minimum Gasteiger partial charge on any atom is -0.484 e. The molecule has 1 aromatic rings. The first-order valence-electron chi connectivity index (χ1n) is 6.31. The number of rotatable bonds is 3. The van der Waals surface area contributed by atoms with Crippen molar-refractivity contribution in [1.29, 1.82) is 0 Å². The Bertz CT molecular complexity index is 397. The first-order chi connectivity index (χ1) is 8.65. The highest BCUT2D eigenvalue weighted by Crippen LogP contribution is 2.18. The van der Waals surface area contributed by atoms with Crippen LogP contribution in [0.1, 0.15) is 19.8 Å². The largest absolute Gasteiger partial charge is 0.484 e. The van der Waals surface area contributed by atoms with E-state index in [1.165, 1.54) is 0 Å². The van der Waals surface area contributed by atoms with E-state index in [-0.39, 0.29) is 12.5 Å². The molecule has 1 saturated heterocycles. The molecule has 0 spiro atoms. The third-order valence-electron chi connectivity index (χ3n) is 3.31. The molecule has 1 aromatic carbocycles. The number of piperidine rings is 1. The van der Waals surface area contributed by atoms with Gasteiger partial charge in [0.2, 0.25) is 0 Å². The molecule has 18 heavy (non-hydrogen) atoms. The summed E-state index contributed by atoms with van der Waals surface area (Å²) in [6.07, 6.45) is 2.20. The molecule has 0 aliphatic carbocycles. The van der Waals surface area contributed by atoms with Crippen molar-refractivity contribution >= 4 is 21.8 Å². The number of likely N-dealkylation sites (tertiary alicyclic amines) is 1. The first kappa shape index (κ1) is 13.4. The number of hydrogen-bond donors (Lipinski definition) is 0. The van der Waals surface area contributed by atoms with Crippen LogP contribution >= 0.6 is 15.9 Å². The second kappa shape index (κ2) is 6.23. The Labute approximate surface area is 116 Å². The van der Waals surface area contributed by atoms with Gasteiger partial charge in [0, 0.05) is 17.6 Å². The van der Waals surface area contributed by atoms with Gasteiger partial charge in [0.1, 0.15) is 5.75 Å². The zero-order chi connectivity index (χ0) is 13.0. The third-order valence-corrected chi connectivity index (χ3v) is 3.84. The van der Waals surface area contributed by atoms with Crippen LogP contribution < -0.4 is 4.74 Å². The summed E-state index contributed by atoms with van der Waals surface area (Å²) >= 11 is 3.36. The summed E-state index contributed by atoms with van der Waals surface area (Å²) in [7, 11) is 0. The molecule has 1 aliphatic heterocycles. The number of nitrogens with zero attached hydrogens (tertiary/aromatic N) is 1. The maximum Gasteiger partial charge on any atom is 0.260 e. The van der Waals surface area contributed by atoms with Crippen LogP contribution in [0.5, 0.6) is 5.75 Å². The maximum atomic E-state index is 11.9. The topological polar surface area (TPSA) is 29.5 Å². The van der Waals surface area contributed by atoms with Gasteiger partial charge >= 0.3 is 0 Å². The van der Waals surface area contributed by atoms with Crippen molar-refractivity contribution in [2.75, 3.05) is 19.7 Å². The van der Waals surface area contributed by atoms with E-state index in [1.807, 2.05) is 29.2 Å². The summed E-state index contributed by atoms with van der Waals surface area (Å²) in [6.45, 7) is 4.10. The van der Waals surface area contributed by atoms with Crippen LogP contribution in [0.2, 0.25) is 0 Å². The van der Waals surface area contributed by atoms with Gasteiger partial charge in [0.25, 0.3) is 5.91 Å². The molecule has 0 unspecified atom stereocenters. The highest BCUT2D eigenvalue weighted by molar-refractivity contribution is 9.10. The number of carbonyl (C=O) groups is 1. The van der Waals surface area contributed by atoms with Crippen LogP contribution in [-0.2, 0) is 4.79 Å². The number of halogens is 1. The Balaban J connectivity index is 1.79. The Morgan fingerprint density at radius 2 is 1.94 bits per heavy atom.